The van der Waals surface area contributed by atoms with Gasteiger partial charge in [0.2, 0.25) is 0 Å². The minimum atomic E-state index is -1.58. The number of aliphatic hydroxyl groups is 1. The molecule has 0 aliphatic heterocycles. The van der Waals surface area contributed by atoms with E-state index >= 15 is 0 Å². The average Bonchev–Trinajstić information content (AvgIpc) is 2.49. The Morgan fingerprint density at radius 2 is 1.58 bits per heavy atom. The van der Waals surface area contributed by atoms with E-state index in [9.17, 15) is 9.90 Å². The van der Waals surface area contributed by atoms with E-state index in [0.717, 1.165) is 0 Å². The molecule has 0 heterocycles. The second kappa shape index (κ2) is 5.50. The monoisotopic (exact) mass is 253 g/mol. The van der Waals surface area contributed by atoms with Crippen molar-refractivity contribution >= 4 is 5.91 Å². The smallest absolute Gasteiger partial charge is 0.253 e. The van der Waals surface area contributed by atoms with E-state index < -0.39 is 5.72 Å². The van der Waals surface area contributed by atoms with Crippen LogP contribution in [-0.4, -0.2) is 11.0 Å². The van der Waals surface area contributed by atoms with Gasteiger partial charge in [-0.15, -0.1) is 0 Å². The molecule has 0 bridgehead atoms. The summed E-state index contributed by atoms with van der Waals surface area (Å²) in [7, 11) is 0. The van der Waals surface area contributed by atoms with Gasteiger partial charge in [0.1, 0.15) is 0 Å². The lowest BCUT2D eigenvalue weighted by Crippen LogP contribution is -2.44. The third-order valence-electron chi connectivity index (χ3n) is 2.85. The highest BCUT2D eigenvalue weighted by molar-refractivity contribution is 5.94. The Bertz CT molecular complexity index is 566. The first-order valence-electron chi connectivity index (χ1n) is 5.95. The van der Waals surface area contributed by atoms with E-state index in [1.54, 1.807) is 48.5 Å². The first-order chi connectivity index (χ1) is 9.15. The molecular weight excluding hydrogens is 238 g/mol. The standard InChI is InChI=1S/C16H15NO2/c1-2-16(19,14-11-7-4-8-12-14)17-15(18)13-9-5-3-6-10-13/h2-12,19H,1H2,(H,17,18). The Morgan fingerprint density at radius 1 is 1.05 bits per heavy atom. The number of benzene rings is 2. The lowest BCUT2D eigenvalue weighted by atomic mass is 10.0. The highest BCUT2D eigenvalue weighted by Gasteiger charge is 2.27. The summed E-state index contributed by atoms with van der Waals surface area (Å²) in [4.78, 5) is 12.1. The molecule has 0 radical (unpaired) electrons. The van der Waals surface area contributed by atoms with Crippen LogP contribution in [0.4, 0.5) is 0 Å². The molecule has 0 fully saturated rings. The van der Waals surface area contributed by atoms with Crippen molar-refractivity contribution in [3.63, 3.8) is 0 Å². The molecule has 2 N–H and O–H groups in total. The molecule has 2 rings (SSSR count). The zero-order valence-electron chi connectivity index (χ0n) is 10.4. The van der Waals surface area contributed by atoms with Gasteiger partial charge >= 0.3 is 0 Å². The van der Waals surface area contributed by atoms with Crippen molar-refractivity contribution < 1.29 is 9.90 Å². The molecular formula is C16H15NO2. The van der Waals surface area contributed by atoms with E-state index in [1.807, 2.05) is 12.1 Å². The SMILES string of the molecule is C=CC(O)(NC(=O)c1ccccc1)c1ccccc1. The van der Waals surface area contributed by atoms with Crippen LogP contribution in [0.5, 0.6) is 0 Å². The van der Waals surface area contributed by atoms with E-state index in [1.165, 1.54) is 6.08 Å². The fourth-order valence-electron chi connectivity index (χ4n) is 1.77. The number of hydrogen-bond donors (Lipinski definition) is 2. The van der Waals surface area contributed by atoms with Crippen LogP contribution in [-0.2, 0) is 5.72 Å². The van der Waals surface area contributed by atoms with E-state index in [-0.39, 0.29) is 5.91 Å². The lowest BCUT2D eigenvalue weighted by Gasteiger charge is -2.26. The van der Waals surface area contributed by atoms with Crippen LogP contribution < -0.4 is 5.32 Å². The van der Waals surface area contributed by atoms with Crippen molar-refractivity contribution in [3.8, 4) is 0 Å². The van der Waals surface area contributed by atoms with Gasteiger partial charge in [0.15, 0.2) is 5.72 Å². The maximum atomic E-state index is 12.1. The predicted octanol–water partition coefficient (Wildman–Crippen LogP) is 2.45. The van der Waals surface area contributed by atoms with Crippen LogP contribution in [0.15, 0.2) is 73.3 Å². The molecule has 0 saturated carbocycles. The summed E-state index contributed by atoms with van der Waals surface area (Å²) in [5.74, 6) is -0.355. The summed E-state index contributed by atoms with van der Waals surface area (Å²) in [5.41, 5.74) is -0.526. The molecule has 96 valence electrons. The Balaban J connectivity index is 2.25. The van der Waals surface area contributed by atoms with Gasteiger partial charge in [-0.3, -0.25) is 4.79 Å². The summed E-state index contributed by atoms with van der Waals surface area (Å²) in [5, 5.41) is 13.0. The van der Waals surface area contributed by atoms with Crippen molar-refractivity contribution in [1.29, 1.82) is 0 Å². The summed E-state index contributed by atoms with van der Waals surface area (Å²) in [6.07, 6.45) is 1.31. The minimum absolute atomic E-state index is 0.355. The minimum Gasteiger partial charge on any atom is -0.364 e. The third kappa shape index (κ3) is 2.89. The molecule has 0 aliphatic carbocycles. The molecule has 0 saturated heterocycles. The molecule has 0 aliphatic rings. The van der Waals surface area contributed by atoms with Gasteiger partial charge in [0, 0.05) is 11.1 Å². The van der Waals surface area contributed by atoms with Gasteiger partial charge in [-0.25, -0.2) is 0 Å². The quantitative estimate of drug-likeness (QED) is 0.649. The van der Waals surface area contributed by atoms with E-state index in [0.29, 0.717) is 11.1 Å². The number of nitrogens with one attached hydrogen (secondary N) is 1. The van der Waals surface area contributed by atoms with Crippen molar-refractivity contribution in [2.75, 3.05) is 0 Å². The molecule has 1 amide bonds. The Labute approximate surface area is 112 Å². The molecule has 3 nitrogen and oxygen atoms in total. The van der Waals surface area contributed by atoms with Crippen LogP contribution in [0.3, 0.4) is 0 Å². The summed E-state index contributed by atoms with van der Waals surface area (Å²) in [6, 6.07) is 17.6. The maximum Gasteiger partial charge on any atom is 0.253 e. The Hall–Kier alpha value is -2.39. The van der Waals surface area contributed by atoms with Crippen LogP contribution in [0.2, 0.25) is 0 Å². The Morgan fingerprint density at radius 3 is 2.11 bits per heavy atom. The van der Waals surface area contributed by atoms with Crippen molar-refractivity contribution in [2.45, 2.75) is 5.72 Å². The van der Waals surface area contributed by atoms with Gasteiger partial charge in [-0.2, -0.15) is 0 Å². The van der Waals surface area contributed by atoms with Gasteiger partial charge in [-0.05, 0) is 18.2 Å². The number of hydrogen-bond acceptors (Lipinski definition) is 2. The van der Waals surface area contributed by atoms with Crippen molar-refractivity contribution in [3.05, 3.63) is 84.4 Å². The summed E-state index contributed by atoms with van der Waals surface area (Å²) >= 11 is 0. The van der Waals surface area contributed by atoms with Gasteiger partial charge in [0.25, 0.3) is 5.91 Å². The topological polar surface area (TPSA) is 49.3 Å². The van der Waals surface area contributed by atoms with Gasteiger partial charge < -0.3 is 10.4 Å². The molecule has 2 aromatic carbocycles. The number of carbonyl (C=O) groups excluding carboxylic acids is 1. The second-order valence-corrected chi connectivity index (χ2v) is 4.16. The van der Waals surface area contributed by atoms with Crippen LogP contribution >= 0.6 is 0 Å². The maximum absolute atomic E-state index is 12.1. The number of rotatable bonds is 4. The van der Waals surface area contributed by atoms with Gasteiger partial charge in [-0.1, -0.05) is 55.1 Å². The molecule has 0 aromatic heterocycles. The first kappa shape index (κ1) is 13.1. The fourth-order valence-corrected chi connectivity index (χ4v) is 1.77. The molecule has 19 heavy (non-hydrogen) atoms. The van der Waals surface area contributed by atoms with E-state index in [2.05, 4.69) is 11.9 Å². The fraction of sp³-hybridized carbons (Fsp3) is 0.0625. The van der Waals surface area contributed by atoms with E-state index in [4.69, 9.17) is 0 Å². The van der Waals surface area contributed by atoms with Crippen molar-refractivity contribution in [1.82, 2.24) is 5.32 Å². The van der Waals surface area contributed by atoms with Gasteiger partial charge in [0.05, 0.1) is 0 Å². The highest BCUT2D eigenvalue weighted by atomic mass is 16.3. The number of carbonyl (C=O) groups is 1. The number of amides is 1. The molecule has 0 spiro atoms. The molecule has 2 aromatic rings. The molecule has 1 atom stereocenters. The normalized spacial score (nSPS) is 13.3. The largest absolute Gasteiger partial charge is 0.364 e. The summed E-state index contributed by atoms with van der Waals surface area (Å²) < 4.78 is 0. The average molecular weight is 253 g/mol. The first-order valence-corrected chi connectivity index (χ1v) is 5.95. The van der Waals surface area contributed by atoms with Crippen LogP contribution in [0.1, 0.15) is 15.9 Å². The lowest BCUT2D eigenvalue weighted by molar-refractivity contribution is 0.0426. The second-order valence-electron chi connectivity index (χ2n) is 4.16. The molecule has 1 unspecified atom stereocenters. The molecule has 3 heteroatoms. The third-order valence-corrected chi connectivity index (χ3v) is 2.85. The highest BCUT2D eigenvalue weighted by Crippen LogP contribution is 2.19. The van der Waals surface area contributed by atoms with Crippen LogP contribution in [0, 0.1) is 0 Å². The zero-order chi connectivity index (χ0) is 13.7. The predicted molar refractivity (Wildman–Crippen MR) is 74.4 cm³/mol. The zero-order valence-corrected chi connectivity index (χ0v) is 10.4. The Kier molecular flexibility index (Phi) is 3.78. The summed E-state index contributed by atoms with van der Waals surface area (Å²) in [6.45, 7) is 3.59. The van der Waals surface area contributed by atoms with Crippen LogP contribution in [0.25, 0.3) is 0 Å². The van der Waals surface area contributed by atoms with Crippen molar-refractivity contribution in [2.24, 2.45) is 0 Å².